The molecule has 14 heteroatoms. The Balaban J connectivity index is 0.00000266. The number of pyridine rings is 2. The summed E-state index contributed by atoms with van der Waals surface area (Å²) in [6.45, 7) is 7.60. The number of ether oxygens (including phenoxy) is 2. The van der Waals surface area contributed by atoms with Crippen LogP contribution in [-0.2, 0) is 52.8 Å². The fourth-order valence-electron chi connectivity index (χ4n) is 7.41. The van der Waals surface area contributed by atoms with Crippen molar-refractivity contribution in [3.8, 4) is 0 Å². The first-order valence-electron chi connectivity index (χ1n) is 17.7. The lowest BCUT2D eigenvalue weighted by atomic mass is 9.81. The molecule has 0 spiro atoms. The quantitative estimate of drug-likeness (QED) is 0.195. The second-order valence-corrected chi connectivity index (χ2v) is 13.0. The number of halogens is 1. The molecule has 2 aliphatic heterocycles. The monoisotopic (exact) mass is 728 g/mol. The smallest absolute Gasteiger partial charge is 0.343 e. The van der Waals surface area contributed by atoms with E-state index in [4.69, 9.17) is 20.2 Å². The molecule has 1 aliphatic carbocycles. The molecule has 2 aromatic heterocycles. The molecule has 4 N–H and O–H groups in total. The largest absolute Gasteiger partial charge is 0.458 e. The van der Waals surface area contributed by atoms with Gasteiger partial charge in [-0.25, -0.2) is 14.2 Å². The number of methoxy groups -OCH3 is 1. The summed E-state index contributed by atoms with van der Waals surface area (Å²) in [5.74, 6) is -2.87. The van der Waals surface area contributed by atoms with Crippen LogP contribution in [0.15, 0.2) is 47.8 Å². The number of esters is 1. The van der Waals surface area contributed by atoms with Crippen molar-refractivity contribution in [2.45, 2.75) is 84.0 Å². The summed E-state index contributed by atoms with van der Waals surface area (Å²) in [5, 5.41) is 6.43. The lowest BCUT2D eigenvalue weighted by Gasteiger charge is -2.35. The van der Waals surface area contributed by atoms with Gasteiger partial charge < -0.3 is 30.7 Å². The number of aromatic nitrogens is 2. The lowest BCUT2D eigenvalue weighted by Crippen LogP contribution is -2.50. The summed E-state index contributed by atoms with van der Waals surface area (Å²) in [6.07, 6.45) is 6.04. The number of amides is 3. The molecule has 13 nitrogen and oxygen atoms in total. The highest BCUT2D eigenvalue weighted by molar-refractivity contribution is 5.97. The summed E-state index contributed by atoms with van der Waals surface area (Å²) in [5.41, 5.74) is 9.46. The first kappa shape index (κ1) is 38.7. The van der Waals surface area contributed by atoms with Crippen LogP contribution in [0.3, 0.4) is 0 Å². The van der Waals surface area contributed by atoms with Gasteiger partial charge in [0, 0.05) is 61.3 Å². The van der Waals surface area contributed by atoms with E-state index in [1.54, 1.807) is 44.4 Å². The van der Waals surface area contributed by atoms with Gasteiger partial charge in [-0.15, -0.1) is 0 Å². The molecule has 53 heavy (non-hydrogen) atoms. The number of nitrogens with two attached hydrogens (primary N) is 1. The Labute approximate surface area is 307 Å². The highest BCUT2D eigenvalue weighted by Crippen LogP contribution is 2.46. The number of carbonyl (C=O) groups is 5. The predicted octanol–water partition coefficient (Wildman–Crippen LogP) is 3.44. The topological polar surface area (TPSA) is 183 Å². The molecule has 280 valence electrons. The molecule has 3 atom stereocenters. The number of nitrogens with zero attached hydrogens (tertiary/aromatic N) is 3. The number of cyclic esters (lactones) is 1. The van der Waals surface area contributed by atoms with Crippen molar-refractivity contribution < 1.29 is 37.8 Å². The van der Waals surface area contributed by atoms with E-state index in [-0.39, 0.29) is 25.0 Å². The molecule has 3 aliphatic rings. The molecule has 4 heterocycles. The second-order valence-electron chi connectivity index (χ2n) is 13.0. The highest BCUT2D eigenvalue weighted by atomic mass is 19.1. The van der Waals surface area contributed by atoms with Crippen molar-refractivity contribution in [1.82, 2.24) is 25.5 Å². The zero-order chi connectivity index (χ0) is 38.6. The van der Waals surface area contributed by atoms with Crippen LogP contribution in [0.1, 0.15) is 79.6 Å². The van der Waals surface area contributed by atoms with Crippen LogP contribution in [0.2, 0.25) is 0 Å². The average molecular weight is 729 g/mol. The van der Waals surface area contributed by atoms with Gasteiger partial charge in [-0.05, 0) is 66.6 Å². The fourth-order valence-corrected chi connectivity index (χ4v) is 7.41. The maximum atomic E-state index is 15.4. The average Bonchev–Trinajstić information content (AvgIpc) is 3.46. The molecule has 0 saturated carbocycles. The van der Waals surface area contributed by atoms with E-state index in [1.165, 1.54) is 13.2 Å². The summed E-state index contributed by atoms with van der Waals surface area (Å²) < 4.78 is 26.4. The fraction of sp³-hybridized carbons (Fsp3) is 0.410. The zero-order valence-electron chi connectivity index (χ0n) is 30.8. The van der Waals surface area contributed by atoms with Crippen molar-refractivity contribution in [3.05, 3.63) is 87.1 Å². The number of rotatable bonds is 11. The van der Waals surface area contributed by atoms with Gasteiger partial charge in [0.25, 0.3) is 0 Å². The van der Waals surface area contributed by atoms with Gasteiger partial charge in [-0.3, -0.25) is 24.2 Å². The number of nitrogens with one attached hydrogen (secondary N) is 2. The number of hydrogen-bond donors (Lipinski definition) is 3. The Morgan fingerprint density at radius 1 is 1.23 bits per heavy atom. The number of carbonyl (C=O) groups excluding carboxylic acids is 5. The Hall–Kier alpha value is -5.50. The van der Waals surface area contributed by atoms with Gasteiger partial charge >= 0.3 is 5.97 Å². The molecule has 3 unspecified atom stereocenters. The molecule has 3 aromatic rings. The third-order valence-corrected chi connectivity index (χ3v) is 10.1. The third-order valence-electron chi connectivity index (χ3n) is 10.1. The first-order valence-corrected chi connectivity index (χ1v) is 17.7. The zero-order valence-corrected chi connectivity index (χ0v) is 30.8. The van der Waals surface area contributed by atoms with Crippen molar-refractivity contribution >= 4 is 46.6 Å². The van der Waals surface area contributed by atoms with Crippen LogP contribution in [0.4, 0.5) is 4.39 Å². The van der Waals surface area contributed by atoms with Gasteiger partial charge in [-0.2, -0.15) is 0 Å². The van der Waals surface area contributed by atoms with Gasteiger partial charge in [0.1, 0.15) is 24.8 Å². The van der Waals surface area contributed by atoms with E-state index in [1.807, 2.05) is 25.8 Å². The van der Waals surface area contributed by atoms with E-state index < -0.39 is 53.6 Å². The normalized spacial score (nSPS) is 20.3. The first-order chi connectivity index (χ1) is 25.4. The molecule has 6 rings (SSSR count). The standard InChI is InChI=1S/C37H39FN6O7.C2H6/c1-5-37(50-4)24(21(17-45)18-51-36(37)49)13-29-34-23(16-44(29)3)33-26(7-6-22-19(2)25(38)14-27(42-34)32(22)33)43-35(48)28(15-30(39)46)41-31(47)12-20-8-10-40-11-9-20;1-2/h8-11,13-14,17,26,28H,5-7,12,15-16,18H2,1-4H3,(H2,39,46)(H,41,47)(H,43,48);1-2H3/b29-13-;. The van der Waals surface area contributed by atoms with E-state index >= 15 is 4.39 Å². The van der Waals surface area contributed by atoms with Crippen LogP contribution in [-0.4, -0.2) is 77.3 Å². The van der Waals surface area contributed by atoms with Crippen LogP contribution < -0.4 is 16.4 Å². The second kappa shape index (κ2) is 16.0. The number of primary amides is 1. The highest BCUT2D eigenvalue weighted by Gasteiger charge is 2.47. The van der Waals surface area contributed by atoms with Crippen LogP contribution in [0.5, 0.6) is 0 Å². The Morgan fingerprint density at radius 2 is 1.94 bits per heavy atom. The van der Waals surface area contributed by atoms with Crippen LogP contribution in [0.25, 0.3) is 16.6 Å². The van der Waals surface area contributed by atoms with Crippen molar-refractivity contribution in [2.24, 2.45) is 5.73 Å². The van der Waals surface area contributed by atoms with Crippen molar-refractivity contribution in [2.75, 3.05) is 20.8 Å². The summed E-state index contributed by atoms with van der Waals surface area (Å²) in [7, 11) is 3.21. The Kier molecular flexibility index (Phi) is 11.7. The predicted molar refractivity (Wildman–Crippen MR) is 194 cm³/mol. The van der Waals surface area contributed by atoms with Gasteiger partial charge in [-0.1, -0.05) is 20.8 Å². The van der Waals surface area contributed by atoms with E-state index in [2.05, 4.69) is 15.6 Å². The SMILES string of the molecule is CC.CCC1(OC)C(=O)OCC(C=O)=C1/C=C1/c2nc3cc(F)c(C)c4c3c(c2CN1C)C(NC(=O)C(CC(N)=O)NC(=O)Cc1ccncc1)CC4. The van der Waals surface area contributed by atoms with Crippen molar-refractivity contribution in [3.63, 3.8) is 0 Å². The molecule has 0 fully saturated rings. The Bertz CT molecular complexity index is 2030. The van der Waals surface area contributed by atoms with E-state index in [0.29, 0.717) is 59.3 Å². The molecule has 1 aromatic carbocycles. The van der Waals surface area contributed by atoms with E-state index in [9.17, 15) is 24.0 Å². The molecular formula is C39H45FN6O7. The maximum Gasteiger partial charge on any atom is 0.343 e. The molecule has 0 saturated heterocycles. The van der Waals surface area contributed by atoms with Crippen LogP contribution >= 0.6 is 0 Å². The third kappa shape index (κ3) is 7.28. The van der Waals surface area contributed by atoms with E-state index in [0.717, 1.165) is 22.1 Å². The number of aldehydes is 1. The molecule has 0 radical (unpaired) electrons. The minimum Gasteiger partial charge on any atom is -0.458 e. The summed E-state index contributed by atoms with van der Waals surface area (Å²) in [6, 6.07) is 2.88. The number of hydrogen-bond acceptors (Lipinski definition) is 10. The minimum absolute atomic E-state index is 0.0327. The van der Waals surface area contributed by atoms with Crippen LogP contribution in [0, 0.1) is 12.7 Å². The van der Waals surface area contributed by atoms with Gasteiger partial charge in [0.15, 0.2) is 5.60 Å². The van der Waals surface area contributed by atoms with Gasteiger partial charge in [0.2, 0.25) is 17.7 Å². The van der Waals surface area contributed by atoms with Gasteiger partial charge in [0.05, 0.1) is 35.8 Å². The summed E-state index contributed by atoms with van der Waals surface area (Å²) >= 11 is 0. The molecule has 0 bridgehead atoms. The molecular weight excluding hydrogens is 683 g/mol. The minimum atomic E-state index is -1.53. The lowest BCUT2D eigenvalue weighted by molar-refractivity contribution is -0.166. The van der Waals surface area contributed by atoms with Crippen molar-refractivity contribution in [1.29, 1.82) is 0 Å². The summed E-state index contributed by atoms with van der Waals surface area (Å²) in [4.78, 5) is 74.9. The number of fused-ring (bicyclic) bond motifs is 2. The molecule has 3 amide bonds. The number of benzene rings is 1. The Morgan fingerprint density at radius 3 is 2.58 bits per heavy atom. The maximum absolute atomic E-state index is 15.4. The number of aryl methyl sites for hydroxylation is 1.